The van der Waals surface area contributed by atoms with Gasteiger partial charge in [-0.05, 0) is 40.8 Å². The van der Waals surface area contributed by atoms with E-state index in [1.54, 1.807) is 20.2 Å². The predicted molar refractivity (Wildman–Crippen MR) is 73.2 cm³/mol. The van der Waals surface area contributed by atoms with Gasteiger partial charge >= 0.3 is 0 Å². The molecule has 0 aliphatic heterocycles. The van der Waals surface area contributed by atoms with E-state index in [0.29, 0.717) is 9.13 Å². The Hall–Kier alpha value is -1.14. The first kappa shape index (κ1) is 13.9. The van der Waals surface area contributed by atoms with Gasteiger partial charge in [0.25, 0.3) is 10.0 Å². The zero-order chi connectivity index (χ0) is 13.1. The molecule has 17 heavy (non-hydrogen) atoms. The molecule has 0 atom stereocenters. The van der Waals surface area contributed by atoms with E-state index in [1.165, 1.54) is 23.4 Å². The summed E-state index contributed by atoms with van der Waals surface area (Å²) in [6.45, 7) is 0. The Bertz CT molecular complexity index is 588. The van der Waals surface area contributed by atoms with Crippen LogP contribution in [0, 0.1) is 14.9 Å². The molecule has 0 radical (unpaired) electrons. The second-order valence-corrected chi connectivity index (χ2v) is 6.32. The van der Waals surface area contributed by atoms with Crippen LogP contribution in [0.4, 0.5) is 0 Å². The lowest BCUT2D eigenvalue weighted by atomic mass is 10.2. The molecule has 7 heteroatoms. The summed E-state index contributed by atoms with van der Waals surface area (Å²) in [6.07, 6.45) is 1.21. The Morgan fingerprint density at radius 2 is 2.06 bits per heavy atom. The van der Waals surface area contributed by atoms with Crippen molar-refractivity contribution in [3.8, 4) is 6.07 Å². The monoisotopic (exact) mass is 363 g/mol. The maximum atomic E-state index is 11.8. The molecular formula is C10H10IN3O2S. The SMILES string of the molecule is CN(C)/C=N/S(=O)(=O)c1cc(I)cc(C#N)c1. The number of nitriles is 1. The van der Waals surface area contributed by atoms with Crippen molar-refractivity contribution in [3.05, 3.63) is 27.3 Å². The highest BCUT2D eigenvalue weighted by Crippen LogP contribution is 2.18. The lowest BCUT2D eigenvalue weighted by molar-refractivity contribution is 0.594. The smallest absolute Gasteiger partial charge is 0.283 e. The summed E-state index contributed by atoms with van der Waals surface area (Å²) in [6, 6.07) is 6.31. The predicted octanol–water partition coefficient (Wildman–Crippen LogP) is 1.44. The van der Waals surface area contributed by atoms with Gasteiger partial charge < -0.3 is 4.90 Å². The first-order valence-corrected chi connectivity index (χ1v) is 7.04. The molecule has 0 saturated carbocycles. The minimum atomic E-state index is -3.74. The zero-order valence-corrected chi connectivity index (χ0v) is 12.2. The molecule has 1 aromatic rings. The molecule has 0 aliphatic carbocycles. The van der Waals surface area contributed by atoms with Crippen LogP contribution < -0.4 is 0 Å². The fraction of sp³-hybridized carbons (Fsp3) is 0.200. The van der Waals surface area contributed by atoms with Crippen LogP contribution in [-0.4, -0.2) is 33.8 Å². The standard InChI is InChI=1S/C10H10IN3O2S/c1-14(2)7-13-17(15,16)10-4-8(6-12)3-9(11)5-10/h3-5,7H,1-2H3/b13-7+. The van der Waals surface area contributed by atoms with Crippen molar-refractivity contribution in [2.45, 2.75) is 4.90 Å². The summed E-state index contributed by atoms with van der Waals surface area (Å²) in [5, 5.41) is 8.78. The van der Waals surface area contributed by atoms with Crippen molar-refractivity contribution in [1.82, 2.24) is 4.90 Å². The third-order valence-electron chi connectivity index (χ3n) is 1.72. The van der Waals surface area contributed by atoms with Gasteiger partial charge in [-0.25, -0.2) is 0 Å². The highest BCUT2D eigenvalue weighted by molar-refractivity contribution is 14.1. The maximum Gasteiger partial charge on any atom is 0.283 e. The quantitative estimate of drug-likeness (QED) is 0.463. The first-order valence-electron chi connectivity index (χ1n) is 4.53. The lowest BCUT2D eigenvalue weighted by Gasteiger charge is -2.04. The van der Waals surface area contributed by atoms with Gasteiger partial charge in [0, 0.05) is 17.7 Å². The van der Waals surface area contributed by atoms with Gasteiger partial charge in [-0.15, -0.1) is 4.40 Å². The summed E-state index contributed by atoms with van der Waals surface area (Å²) in [4.78, 5) is 1.55. The van der Waals surface area contributed by atoms with Gasteiger partial charge in [0.05, 0.1) is 16.5 Å². The largest absolute Gasteiger partial charge is 0.368 e. The van der Waals surface area contributed by atoms with Crippen molar-refractivity contribution >= 4 is 39.0 Å². The van der Waals surface area contributed by atoms with E-state index in [9.17, 15) is 8.42 Å². The second-order valence-electron chi connectivity index (χ2n) is 3.45. The van der Waals surface area contributed by atoms with E-state index < -0.39 is 10.0 Å². The molecule has 0 fully saturated rings. The Morgan fingerprint density at radius 3 is 2.59 bits per heavy atom. The molecule has 0 N–H and O–H groups in total. The van der Waals surface area contributed by atoms with Crippen LogP contribution in [0.1, 0.15) is 5.56 Å². The maximum absolute atomic E-state index is 11.8. The number of nitrogens with zero attached hydrogens (tertiary/aromatic N) is 3. The van der Waals surface area contributed by atoms with E-state index in [4.69, 9.17) is 5.26 Å². The fourth-order valence-electron chi connectivity index (χ4n) is 0.993. The Kier molecular flexibility index (Phi) is 4.47. The van der Waals surface area contributed by atoms with Gasteiger partial charge in [0.15, 0.2) is 0 Å². The lowest BCUT2D eigenvalue weighted by Crippen LogP contribution is -2.10. The van der Waals surface area contributed by atoms with Crippen LogP contribution in [0.5, 0.6) is 0 Å². The van der Waals surface area contributed by atoms with Crippen molar-refractivity contribution in [3.63, 3.8) is 0 Å². The molecule has 0 aromatic heterocycles. The third-order valence-corrected chi connectivity index (χ3v) is 3.54. The molecule has 1 rings (SSSR count). The normalized spacial score (nSPS) is 11.4. The first-order chi connectivity index (χ1) is 7.85. The second kappa shape index (κ2) is 5.46. The zero-order valence-electron chi connectivity index (χ0n) is 9.25. The van der Waals surface area contributed by atoms with Crippen molar-refractivity contribution in [2.24, 2.45) is 4.40 Å². The molecule has 0 saturated heterocycles. The third kappa shape index (κ3) is 3.98. The number of hydrogen-bond acceptors (Lipinski definition) is 3. The summed E-state index contributed by atoms with van der Waals surface area (Å²) >= 11 is 1.96. The summed E-state index contributed by atoms with van der Waals surface area (Å²) in [5.74, 6) is 0. The van der Waals surface area contributed by atoms with Crippen molar-refractivity contribution in [2.75, 3.05) is 14.1 Å². The highest BCUT2D eigenvalue weighted by atomic mass is 127. The molecule has 90 valence electrons. The Labute approximate surface area is 114 Å². The minimum Gasteiger partial charge on any atom is -0.368 e. The van der Waals surface area contributed by atoms with Crippen molar-refractivity contribution in [1.29, 1.82) is 5.26 Å². The summed E-state index contributed by atoms with van der Waals surface area (Å²) in [7, 11) is -0.388. The summed E-state index contributed by atoms with van der Waals surface area (Å²) < 4.78 is 27.8. The molecule has 0 spiro atoms. The van der Waals surface area contributed by atoms with Gasteiger partial charge in [-0.3, -0.25) is 0 Å². The number of sulfonamides is 1. The van der Waals surface area contributed by atoms with Crippen LogP contribution in [-0.2, 0) is 10.0 Å². The van der Waals surface area contributed by atoms with Crippen LogP contribution in [0.15, 0.2) is 27.5 Å². The van der Waals surface area contributed by atoms with Gasteiger partial charge in [-0.2, -0.15) is 13.7 Å². The van der Waals surface area contributed by atoms with Crippen LogP contribution in [0.25, 0.3) is 0 Å². The fourth-order valence-corrected chi connectivity index (χ4v) is 2.86. The van der Waals surface area contributed by atoms with Gasteiger partial charge in [-0.1, -0.05) is 0 Å². The molecular weight excluding hydrogens is 353 g/mol. The van der Waals surface area contributed by atoms with E-state index >= 15 is 0 Å². The molecule has 0 aliphatic rings. The van der Waals surface area contributed by atoms with Gasteiger partial charge in [0.2, 0.25) is 0 Å². The number of rotatable bonds is 3. The van der Waals surface area contributed by atoms with Crippen LogP contribution in [0.2, 0.25) is 0 Å². The topological polar surface area (TPSA) is 73.5 Å². The molecule has 5 nitrogen and oxygen atoms in total. The van der Waals surface area contributed by atoms with Crippen molar-refractivity contribution < 1.29 is 8.42 Å². The minimum absolute atomic E-state index is 0.0269. The van der Waals surface area contributed by atoms with Gasteiger partial charge in [0.1, 0.15) is 6.34 Å². The molecule has 0 heterocycles. The summed E-state index contributed by atoms with van der Waals surface area (Å²) in [5.41, 5.74) is 0.301. The highest BCUT2D eigenvalue weighted by Gasteiger charge is 2.13. The van der Waals surface area contributed by atoms with E-state index in [0.717, 1.165) is 0 Å². The van der Waals surface area contributed by atoms with E-state index in [1.807, 2.05) is 28.7 Å². The average Bonchev–Trinajstić information content (AvgIpc) is 2.25. The Morgan fingerprint density at radius 1 is 1.41 bits per heavy atom. The van der Waals surface area contributed by atoms with Crippen LogP contribution >= 0.6 is 22.6 Å². The number of hydrogen-bond donors (Lipinski definition) is 0. The number of halogens is 1. The molecule has 0 bridgehead atoms. The average molecular weight is 363 g/mol. The molecule has 1 aromatic carbocycles. The number of benzene rings is 1. The molecule has 0 unspecified atom stereocenters. The van der Waals surface area contributed by atoms with Crippen LogP contribution in [0.3, 0.4) is 0 Å². The van der Waals surface area contributed by atoms with E-state index in [-0.39, 0.29) is 4.90 Å². The molecule has 0 amide bonds. The van der Waals surface area contributed by atoms with E-state index in [2.05, 4.69) is 4.40 Å². The Balaban J connectivity index is 3.25.